The fourth-order valence-corrected chi connectivity index (χ4v) is 3.43. The van der Waals surface area contributed by atoms with E-state index in [2.05, 4.69) is 0 Å². The average molecular weight is 230 g/mol. The molecule has 15 heavy (non-hydrogen) atoms. The van der Waals surface area contributed by atoms with Gasteiger partial charge >= 0.3 is 0 Å². The summed E-state index contributed by atoms with van der Waals surface area (Å²) in [5.41, 5.74) is 5.49. The molecule has 1 saturated carbocycles. The van der Waals surface area contributed by atoms with Crippen LogP contribution in [0.4, 0.5) is 0 Å². The predicted octanol–water partition coefficient (Wildman–Crippen LogP) is -0.151. The molecule has 2 N–H and O–H groups in total. The second kappa shape index (κ2) is 4.22. The van der Waals surface area contributed by atoms with Gasteiger partial charge in [0.1, 0.15) is 0 Å². The van der Waals surface area contributed by atoms with E-state index in [1.807, 2.05) is 0 Å². The first-order valence-electron chi connectivity index (χ1n) is 5.55. The van der Waals surface area contributed by atoms with Crippen LogP contribution in [0.5, 0.6) is 0 Å². The van der Waals surface area contributed by atoms with E-state index in [4.69, 9.17) is 5.73 Å². The van der Waals surface area contributed by atoms with Crippen molar-refractivity contribution in [3.05, 3.63) is 0 Å². The van der Waals surface area contributed by atoms with Crippen LogP contribution in [0.25, 0.3) is 0 Å². The van der Waals surface area contributed by atoms with Crippen molar-refractivity contribution in [3.8, 4) is 0 Å². The van der Waals surface area contributed by atoms with Gasteiger partial charge in [0, 0.05) is 35.4 Å². The minimum absolute atomic E-state index is 0.0803. The maximum Gasteiger partial charge on any atom is 0.242 e. The zero-order valence-electron chi connectivity index (χ0n) is 8.91. The lowest BCUT2D eigenvalue weighted by Gasteiger charge is -2.33. The third-order valence-corrected chi connectivity index (χ3v) is 4.66. The molecule has 4 nitrogen and oxygen atoms in total. The number of hydrogen-bond donors (Lipinski definition) is 1. The van der Waals surface area contributed by atoms with Gasteiger partial charge in [0.2, 0.25) is 5.91 Å². The molecular weight excluding hydrogens is 212 g/mol. The average Bonchev–Trinajstić information content (AvgIpc) is 2.67. The highest BCUT2D eigenvalue weighted by molar-refractivity contribution is 7.85. The zero-order valence-corrected chi connectivity index (χ0v) is 9.72. The van der Waals surface area contributed by atoms with Crippen molar-refractivity contribution < 1.29 is 9.00 Å². The van der Waals surface area contributed by atoms with Crippen LogP contribution in [-0.4, -0.2) is 45.2 Å². The molecule has 1 amide bonds. The molecule has 0 radical (unpaired) electrons. The van der Waals surface area contributed by atoms with E-state index in [0.29, 0.717) is 24.6 Å². The lowest BCUT2D eigenvalue weighted by atomic mass is 9.97. The fourth-order valence-electron chi connectivity index (χ4n) is 2.38. The molecule has 0 bridgehead atoms. The normalized spacial score (nSPS) is 26.9. The summed E-state index contributed by atoms with van der Waals surface area (Å²) < 4.78 is 11.2. The summed E-state index contributed by atoms with van der Waals surface area (Å²) in [6.45, 7) is 1.23. The first-order chi connectivity index (χ1) is 7.12. The number of carbonyl (C=O) groups excluding carboxylic acids is 1. The monoisotopic (exact) mass is 230 g/mol. The Bertz CT molecular complexity index is 277. The molecule has 0 atom stereocenters. The smallest absolute Gasteiger partial charge is 0.242 e. The van der Waals surface area contributed by atoms with Crippen molar-refractivity contribution >= 4 is 16.7 Å². The van der Waals surface area contributed by atoms with Gasteiger partial charge in [-0.2, -0.15) is 0 Å². The summed E-state index contributed by atoms with van der Waals surface area (Å²) in [7, 11) is -0.727. The first-order valence-corrected chi connectivity index (χ1v) is 7.04. The molecule has 0 aromatic rings. The van der Waals surface area contributed by atoms with Gasteiger partial charge in [-0.15, -0.1) is 0 Å². The van der Waals surface area contributed by atoms with Crippen molar-refractivity contribution in [2.24, 2.45) is 5.73 Å². The number of hydrogen-bond acceptors (Lipinski definition) is 3. The lowest BCUT2D eigenvalue weighted by Crippen LogP contribution is -2.56. The van der Waals surface area contributed by atoms with Gasteiger partial charge in [-0.25, -0.2) is 0 Å². The summed E-state index contributed by atoms with van der Waals surface area (Å²) in [6, 6.07) is 0. The minimum Gasteiger partial charge on any atom is -0.339 e. The summed E-state index contributed by atoms with van der Waals surface area (Å²) in [5, 5.41) is 0. The second-order valence-corrected chi connectivity index (χ2v) is 6.20. The molecular formula is C10H18N2O2S. The molecule has 0 aromatic heterocycles. The number of nitrogens with zero attached hydrogens (tertiary/aromatic N) is 1. The first kappa shape index (κ1) is 11.1. The van der Waals surface area contributed by atoms with Crippen LogP contribution in [-0.2, 0) is 15.6 Å². The van der Waals surface area contributed by atoms with E-state index in [1.165, 1.54) is 0 Å². The molecule has 5 heteroatoms. The van der Waals surface area contributed by atoms with Crippen molar-refractivity contribution in [3.63, 3.8) is 0 Å². The third kappa shape index (κ3) is 2.23. The minimum atomic E-state index is -0.727. The molecule has 86 valence electrons. The van der Waals surface area contributed by atoms with Crippen molar-refractivity contribution in [1.82, 2.24) is 4.90 Å². The van der Waals surface area contributed by atoms with Crippen LogP contribution in [0.15, 0.2) is 0 Å². The Hall–Kier alpha value is -0.420. The molecule has 2 rings (SSSR count). The topological polar surface area (TPSA) is 63.4 Å². The SMILES string of the molecule is NC1(C(=O)N2CCS(=O)CC2)CCCC1. The van der Waals surface area contributed by atoms with E-state index in [9.17, 15) is 9.00 Å². The standard InChI is InChI=1S/C10H18N2O2S/c11-10(3-1-2-4-10)9(13)12-5-7-15(14)8-6-12/h1-8,11H2. The fraction of sp³-hybridized carbons (Fsp3) is 0.900. The molecule has 0 spiro atoms. The lowest BCUT2D eigenvalue weighted by molar-refractivity contribution is -0.136. The predicted molar refractivity (Wildman–Crippen MR) is 59.8 cm³/mol. The second-order valence-electron chi connectivity index (χ2n) is 4.50. The van der Waals surface area contributed by atoms with Gasteiger partial charge in [-0.05, 0) is 12.8 Å². The number of amides is 1. The third-order valence-electron chi connectivity index (χ3n) is 3.39. The molecule has 2 aliphatic rings. The van der Waals surface area contributed by atoms with Crippen LogP contribution < -0.4 is 5.73 Å². The van der Waals surface area contributed by atoms with Gasteiger partial charge < -0.3 is 10.6 Å². The summed E-state index contributed by atoms with van der Waals surface area (Å²) in [4.78, 5) is 13.9. The zero-order chi connectivity index (χ0) is 10.9. The van der Waals surface area contributed by atoms with Gasteiger partial charge in [-0.3, -0.25) is 9.00 Å². The molecule has 1 aliphatic heterocycles. The Balaban J connectivity index is 1.98. The van der Waals surface area contributed by atoms with E-state index in [0.717, 1.165) is 25.7 Å². The number of carbonyl (C=O) groups is 1. The van der Waals surface area contributed by atoms with Gasteiger partial charge in [-0.1, -0.05) is 12.8 Å². The van der Waals surface area contributed by atoms with Gasteiger partial charge in [0.15, 0.2) is 0 Å². The highest BCUT2D eigenvalue weighted by Crippen LogP contribution is 2.29. The summed E-state index contributed by atoms with van der Waals surface area (Å²) >= 11 is 0. The van der Waals surface area contributed by atoms with E-state index < -0.39 is 16.3 Å². The van der Waals surface area contributed by atoms with Crippen LogP contribution in [0.1, 0.15) is 25.7 Å². The number of rotatable bonds is 1. The molecule has 0 unspecified atom stereocenters. The van der Waals surface area contributed by atoms with Gasteiger partial charge in [0.25, 0.3) is 0 Å². The molecule has 1 aliphatic carbocycles. The van der Waals surface area contributed by atoms with Crippen molar-refractivity contribution in [2.45, 2.75) is 31.2 Å². The maximum atomic E-state index is 12.1. The Labute approximate surface area is 92.6 Å². The maximum absolute atomic E-state index is 12.1. The highest BCUT2D eigenvalue weighted by Gasteiger charge is 2.40. The van der Waals surface area contributed by atoms with Crippen molar-refractivity contribution in [1.29, 1.82) is 0 Å². The van der Waals surface area contributed by atoms with Crippen LogP contribution >= 0.6 is 0 Å². The Morgan fingerprint density at radius 2 is 1.73 bits per heavy atom. The van der Waals surface area contributed by atoms with Gasteiger partial charge in [0.05, 0.1) is 5.54 Å². The van der Waals surface area contributed by atoms with Crippen LogP contribution in [0.2, 0.25) is 0 Å². The Kier molecular flexibility index (Phi) is 3.11. The quantitative estimate of drug-likeness (QED) is 0.681. The summed E-state index contributed by atoms with van der Waals surface area (Å²) in [5.74, 6) is 1.31. The van der Waals surface area contributed by atoms with E-state index in [1.54, 1.807) is 4.90 Å². The van der Waals surface area contributed by atoms with E-state index >= 15 is 0 Å². The van der Waals surface area contributed by atoms with Crippen LogP contribution in [0.3, 0.4) is 0 Å². The molecule has 2 fully saturated rings. The Morgan fingerprint density at radius 1 is 1.20 bits per heavy atom. The van der Waals surface area contributed by atoms with E-state index in [-0.39, 0.29) is 5.91 Å². The van der Waals surface area contributed by atoms with Crippen molar-refractivity contribution in [2.75, 3.05) is 24.6 Å². The van der Waals surface area contributed by atoms with Crippen LogP contribution in [0, 0.1) is 0 Å². The highest BCUT2D eigenvalue weighted by atomic mass is 32.2. The molecule has 1 saturated heterocycles. The summed E-state index contributed by atoms with van der Waals surface area (Å²) in [6.07, 6.45) is 3.74. The number of nitrogens with two attached hydrogens (primary N) is 1. The molecule has 1 heterocycles. The Morgan fingerprint density at radius 3 is 2.27 bits per heavy atom. The largest absolute Gasteiger partial charge is 0.339 e. The molecule has 0 aromatic carbocycles.